The number of benzene rings is 1. The van der Waals surface area contributed by atoms with Crippen LogP contribution in [0.3, 0.4) is 0 Å². The number of rotatable bonds is 0. The van der Waals surface area contributed by atoms with Crippen molar-refractivity contribution in [2.24, 2.45) is 5.92 Å². The quantitative estimate of drug-likeness (QED) is 0.701. The fraction of sp³-hybridized carbons (Fsp3) is 0.429. The minimum Gasteiger partial charge on any atom is -0.317 e. The van der Waals surface area contributed by atoms with Crippen LogP contribution in [-0.2, 0) is 6.18 Å². The molecule has 0 bridgehead atoms. The molecule has 1 saturated heterocycles. The van der Waals surface area contributed by atoms with Gasteiger partial charge >= 0.3 is 6.18 Å². The zero-order valence-corrected chi connectivity index (χ0v) is 9.85. The molecule has 0 aliphatic carbocycles. The Morgan fingerprint density at radius 3 is 2.22 bits per heavy atom. The third-order valence-corrected chi connectivity index (χ3v) is 2.97. The van der Waals surface area contributed by atoms with Gasteiger partial charge in [-0.05, 0) is 50.2 Å². The highest BCUT2D eigenvalue weighted by Gasteiger charge is 2.29. The minimum absolute atomic E-state index is 0.355. The molecule has 1 heterocycles. The van der Waals surface area contributed by atoms with Gasteiger partial charge in [-0.15, -0.1) is 0 Å². The van der Waals surface area contributed by atoms with Crippen molar-refractivity contribution >= 4 is 0 Å². The average Bonchev–Trinajstić information content (AvgIpc) is 2.37. The molecule has 0 amide bonds. The summed E-state index contributed by atoms with van der Waals surface area (Å²) in [5, 5.41) is 3.24. The largest absolute Gasteiger partial charge is 0.416 e. The molecule has 0 unspecified atom stereocenters. The van der Waals surface area contributed by atoms with Crippen LogP contribution in [0.5, 0.6) is 0 Å². The lowest BCUT2D eigenvalue weighted by Gasteiger charge is -2.17. The monoisotopic (exact) mass is 253 g/mol. The predicted molar refractivity (Wildman–Crippen MR) is 63.9 cm³/mol. The standard InChI is InChI=1S/C14H14F3N/c15-14(16,17)13-5-3-11(4-6-13)1-2-12-7-9-18-10-8-12/h3-6,12,18H,7-10H2. The molecule has 0 aromatic heterocycles. The molecule has 0 atom stereocenters. The van der Waals surface area contributed by atoms with Gasteiger partial charge in [-0.25, -0.2) is 0 Å². The Labute approximate surface area is 104 Å². The van der Waals surface area contributed by atoms with E-state index in [1.54, 1.807) is 0 Å². The topological polar surface area (TPSA) is 12.0 Å². The number of alkyl halides is 3. The molecule has 1 aromatic rings. The van der Waals surface area contributed by atoms with E-state index in [0.29, 0.717) is 11.5 Å². The highest BCUT2D eigenvalue weighted by Crippen LogP contribution is 2.28. The molecule has 1 nitrogen and oxygen atoms in total. The normalized spacial score (nSPS) is 17.1. The van der Waals surface area contributed by atoms with Gasteiger partial charge in [0.1, 0.15) is 0 Å². The Morgan fingerprint density at radius 1 is 1.06 bits per heavy atom. The maximum atomic E-state index is 12.4. The molecule has 1 fully saturated rings. The highest BCUT2D eigenvalue weighted by atomic mass is 19.4. The molecule has 96 valence electrons. The number of halogens is 3. The van der Waals surface area contributed by atoms with Crippen molar-refractivity contribution < 1.29 is 13.2 Å². The second-order valence-electron chi connectivity index (χ2n) is 4.37. The second kappa shape index (κ2) is 5.45. The summed E-state index contributed by atoms with van der Waals surface area (Å²) in [4.78, 5) is 0. The molecule has 0 radical (unpaired) electrons. The van der Waals surface area contributed by atoms with E-state index in [0.717, 1.165) is 38.1 Å². The Kier molecular flexibility index (Phi) is 3.93. The molecule has 1 aliphatic heterocycles. The molecule has 1 aliphatic rings. The SMILES string of the molecule is FC(F)(F)c1ccc(C#CC2CCNCC2)cc1. The van der Waals surface area contributed by atoms with Crippen LogP contribution in [0.1, 0.15) is 24.0 Å². The van der Waals surface area contributed by atoms with E-state index in [1.165, 1.54) is 12.1 Å². The molecule has 1 N–H and O–H groups in total. The van der Waals surface area contributed by atoms with E-state index in [9.17, 15) is 13.2 Å². The second-order valence-corrected chi connectivity index (χ2v) is 4.37. The van der Waals surface area contributed by atoms with Crippen LogP contribution in [-0.4, -0.2) is 13.1 Å². The Bertz CT molecular complexity index is 445. The summed E-state index contributed by atoms with van der Waals surface area (Å²) in [6.07, 6.45) is -2.26. The fourth-order valence-corrected chi connectivity index (χ4v) is 1.89. The van der Waals surface area contributed by atoms with Gasteiger partial charge < -0.3 is 5.32 Å². The zero-order chi connectivity index (χ0) is 13.0. The lowest BCUT2D eigenvalue weighted by molar-refractivity contribution is -0.137. The first-order chi connectivity index (χ1) is 8.55. The molecule has 18 heavy (non-hydrogen) atoms. The third-order valence-electron chi connectivity index (χ3n) is 2.97. The zero-order valence-electron chi connectivity index (χ0n) is 9.85. The lowest BCUT2D eigenvalue weighted by Crippen LogP contribution is -2.26. The van der Waals surface area contributed by atoms with E-state index >= 15 is 0 Å². The van der Waals surface area contributed by atoms with Crippen molar-refractivity contribution in [1.29, 1.82) is 0 Å². The molecule has 4 heteroatoms. The first kappa shape index (κ1) is 13.0. The van der Waals surface area contributed by atoms with Gasteiger partial charge in [0, 0.05) is 11.5 Å². The van der Waals surface area contributed by atoms with Crippen molar-refractivity contribution in [3.63, 3.8) is 0 Å². The third kappa shape index (κ3) is 3.51. The first-order valence-corrected chi connectivity index (χ1v) is 5.95. The van der Waals surface area contributed by atoms with Gasteiger partial charge in [-0.2, -0.15) is 13.2 Å². The molecule has 2 rings (SSSR count). The average molecular weight is 253 g/mol. The van der Waals surface area contributed by atoms with E-state index in [4.69, 9.17) is 0 Å². The van der Waals surface area contributed by atoms with Crippen molar-refractivity contribution in [3.8, 4) is 11.8 Å². The van der Waals surface area contributed by atoms with Gasteiger partial charge in [-0.3, -0.25) is 0 Å². The van der Waals surface area contributed by atoms with E-state index in [-0.39, 0.29) is 0 Å². The van der Waals surface area contributed by atoms with Crippen LogP contribution in [0.25, 0.3) is 0 Å². The Balaban J connectivity index is 2.04. The van der Waals surface area contributed by atoms with Crippen LogP contribution in [0.4, 0.5) is 13.2 Å². The van der Waals surface area contributed by atoms with Crippen LogP contribution < -0.4 is 5.32 Å². The van der Waals surface area contributed by atoms with Crippen molar-refractivity contribution in [1.82, 2.24) is 5.32 Å². The smallest absolute Gasteiger partial charge is 0.317 e. The van der Waals surface area contributed by atoms with Gasteiger partial charge in [0.15, 0.2) is 0 Å². The highest BCUT2D eigenvalue weighted by molar-refractivity contribution is 5.37. The summed E-state index contributed by atoms with van der Waals surface area (Å²) >= 11 is 0. The fourth-order valence-electron chi connectivity index (χ4n) is 1.89. The van der Waals surface area contributed by atoms with Crippen LogP contribution in [0.2, 0.25) is 0 Å². The lowest BCUT2D eigenvalue weighted by atomic mass is 9.98. The van der Waals surface area contributed by atoms with E-state index in [2.05, 4.69) is 17.2 Å². The summed E-state index contributed by atoms with van der Waals surface area (Å²) in [5.74, 6) is 6.43. The van der Waals surface area contributed by atoms with Gasteiger partial charge in [0.2, 0.25) is 0 Å². The predicted octanol–water partition coefficient (Wildman–Crippen LogP) is 3.06. The molecular weight excluding hydrogens is 239 g/mol. The number of hydrogen-bond acceptors (Lipinski definition) is 1. The minimum atomic E-state index is -4.28. The first-order valence-electron chi connectivity index (χ1n) is 5.95. The van der Waals surface area contributed by atoms with Gasteiger partial charge in [0.25, 0.3) is 0 Å². The number of nitrogens with one attached hydrogen (secondary N) is 1. The summed E-state index contributed by atoms with van der Waals surface area (Å²) < 4.78 is 37.1. The number of hydrogen-bond donors (Lipinski definition) is 1. The summed E-state index contributed by atoms with van der Waals surface area (Å²) in [7, 11) is 0. The van der Waals surface area contributed by atoms with E-state index < -0.39 is 11.7 Å². The van der Waals surface area contributed by atoms with Gasteiger partial charge in [-0.1, -0.05) is 11.8 Å². The molecule has 1 aromatic carbocycles. The maximum absolute atomic E-state index is 12.4. The summed E-state index contributed by atoms with van der Waals surface area (Å²) in [6, 6.07) is 5.01. The molecule has 0 spiro atoms. The molecule has 0 saturated carbocycles. The van der Waals surface area contributed by atoms with Gasteiger partial charge in [0.05, 0.1) is 5.56 Å². The van der Waals surface area contributed by atoms with Crippen LogP contribution in [0, 0.1) is 17.8 Å². The number of piperidine rings is 1. The summed E-state index contributed by atoms with van der Waals surface area (Å²) in [5.41, 5.74) is 0.0106. The van der Waals surface area contributed by atoms with Crippen molar-refractivity contribution in [3.05, 3.63) is 35.4 Å². The Hall–Kier alpha value is -1.47. The van der Waals surface area contributed by atoms with Crippen molar-refractivity contribution in [2.75, 3.05) is 13.1 Å². The Morgan fingerprint density at radius 2 is 1.67 bits per heavy atom. The van der Waals surface area contributed by atoms with Crippen molar-refractivity contribution in [2.45, 2.75) is 19.0 Å². The summed E-state index contributed by atoms with van der Waals surface area (Å²) in [6.45, 7) is 1.93. The van der Waals surface area contributed by atoms with Crippen LogP contribution in [0.15, 0.2) is 24.3 Å². The maximum Gasteiger partial charge on any atom is 0.416 e. The van der Waals surface area contributed by atoms with Crippen LogP contribution >= 0.6 is 0 Å². The molecular formula is C14H14F3N. The van der Waals surface area contributed by atoms with E-state index in [1.807, 2.05) is 0 Å².